The molecule has 0 aliphatic carbocycles. The first-order valence-electron chi connectivity index (χ1n) is 9.26. The number of hydrogen-bond acceptors (Lipinski definition) is 5. The van der Waals surface area contributed by atoms with Gasteiger partial charge in [0.25, 0.3) is 5.91 Å². The molecule has 2 aromatic carbocycles. The number of nitrogens with one attached hydrogen (secondary N) is 1. The summed E-state index contributed by atoms with van der Waals surface area (Å²) >= 11 is 1.52. The van der Waals surface area contributed by atoms with Gasteiger partial charge in [-0.1, -0.05) is 18.2 Å². The predicted octanol–water partition coefficient (Wildman–Crippen LogP) is 4.74. The fourth-order valence-corrected chi connectivity index (χ4v) is 4.00. The third-order valence-corrected chi connectivity index (χ3v) is 5.68. The van der Waals surface area contributed by atoms with Crippen LogP contribution in [0.5, 0.6) is 0 Å². The molecule has 8 heteroatoms. The van der Waals surface area contributed by atoms with E-state index in [1.165, 1.54) is 17.4 Å². The zero-order valence-electron chi connectivity index (χ0n) is 15.7. The van der Waals surface area contributed by atoms with Crippen molar-refractivity contribution < 1.29 is 18.4 Å². The maximum Gasteiger partial charge on any atom is 0.261 e. The average molecular weight is 425 g/mol. The number of allylic oxidation sites excluding steroid dienone is 1. The van der Waals surface area contributed by atoms with E-state index in [1.54, 1.807) is 30.5 Å². The Kier molecular flexibility index (Phi) is 5.67. The van der Waals surface area contributed by atoms with Crippen LogP contribution in [0.3, 0.4) is 0 Å². The number of carbonyl (C=O) groups excluding carboxylic acids is 2. The fraction of sp³-hybridized carbons (Fsp3) is 0.136. The molecule has 3 aromatic rings. The molecule has 5 nitrogen and oxygen atoms in total. The molecular formula is C22H17F2N3O2S. The van der Waals surface area contributed by atoms with Gasteiger partial charge in [-0.05, 0) is 41.8 Å². The van der Waals surface area contributed by atoms with Crippen LogP contribution in [0.2, 0.25) is 0 Å². The van der Waals surface area contributed by atoms with E-state index in [-0.39, 0.29) is 5.92 Å². The second-order valence-corrected chi connectivity index (χ2v) is 7.62. The van der Waals surface area contributed by atoms with E-state index in [9.17, 15) is 18.4 Å². The van der Waals surface area contributed by atoms with Crippen molar-refractivity contribution >= 4 is 39.9 Å². The minimum atomic E-state index is -0.924. The molecule has 0 fully saturated rings. The van der Waals surface area contributed by atoms with Gasteiger partial charge in [0, 0.05) is 35.9 Å². The Bertz CT molecular complexity index is 1080. The number of thiazole rings is 1. The third kappa shape index (κ3) is 3.99. The van der Waals surface area contributed by atoms with E-state index in [0.29, 0.717) is 18.7 Å². The Labute approximate surface area is 175 Å². The molecule has 1 aliphatic rings. The molecule has 1 aliphatic heterocycles. The summed E-state index contributed by atoms with van der Waals surface area (Å²) in [6.45, 7) is 0.697. The number of carbonyl (C=O) groups is 2. The van der Waals surface area contributed by atoms with Gasteiger partial charge in [-0.25, -0.2) is 13.8 Å². The van der Waals surface area contributed by atoms with Crippen LogP contribution in [0.25, 0.3) is 5.57 Å². The van der Waals surface area contributed by atoms with Crippen LogP contribution in [0, 0.1) is 17.6 Å². The molecule has 1 amide bonds. The Balaban J connectivity index is 1.56. The Hall–Kier alpha value is -3.39. The summed E-state index contributed by atoms with van der Waals surface area (Å²) in [4.78, 5) is 30.1. The zero-order chi connectivity index (χ0) is 21.1. The van der Waals surface area contributed by atoms with Crippen LogP contribution in [0.4, 0.5) is 19.6 Å². The van der Waals surface area contributed by atoms with E-state index in [1.807, 2.05) is 16.5 Å². The number of hydrogen-bond donors (Lipinski definition) is 1. The number of amides is 1. The highest BCUT2D eigenvalue weighted by atomic mass is 32.1. The van der Waals surface area contributed by atoms with Gasteiger partial charge in [0.2, 0.25) is 0 Å². The fourth-order valence-electron chi connectivity index (χ4n) is 3.35. The van der Waals surface area contributed by atoms with Crippen LogP contribution < -0.4 is 10.2 Å². The number of aromatic nitrogens is 1. The van der Waals surface area contributed by atoms with Crippen molar-refractivity contribution in [1.29, 1.82) is 0 Å². The van der Waals surface area contributed by atoms with Crippen molar-refractivity contribution in [1.82, 2.24) is 4.98 Å². The first-order valence-corrected chi connectivity index (χ1v) is 10.1. The number of halogens is 2. The van der Waals surface area contributed by atoms with Crippen molar-refractivity contribution in [2.24, 2.45) is 5.92 Å². The summed E-state index contributed by atoms with van der Waals surface area (Å²) in [5.74, 6) is -2.95. The topological polar surface area (TPSA) is 62.3 Å². The monoisotopic (exact) mass is 425 g/mol. The SMILES string of the molecule is O=CC1CCN(c2nccs2)C=C1c1ccc(NC(=O)c2c(F)cccc2F)cc1. The molecule has 30 heavy (non-hydrogen) atoms. The highest BCUT2D eigenvalue weighted by molar-refractivity contribution is 7.13. The number of benzene rings is 2. The first kappa shape index (κ1) is 19.9. The van der Waals surface area contributed by atoms with Crippen molar-refractivity contribution in [3.8, 4) is 0 Å². The average Bonchev–Trinajstić information content (AvgIpc) is 3.29. The number of rotatable bonds is 5. The van der Waals surface area contributed by atoms with Gasteiger partial charge in [0.05, 0.1) is 0 Å². The molecule has 1 atom stereocenters. The Morgan fingerprint density at radius 1 is 1.17 bits per heavy atom. The molecule has 1 aromatic heterocycles. The molecule has 1 unspecified atom stereocenters. The highest BCUT2D eigenvalue weighted by Crippen LogP contribution is 2.33. The summed E-state index contributed by atoms with van der Waals surface area (Å²) < 4.78 is 27.6. The van der Waals surface area contributed by atoms with E-state index in [4.69, 9.17) is 0 Å². The van der Waals surface area contributed by atoms with Gasteiger partial charge in [-0.3, -0.25) is 4.79 Å². The van der Waals surface area contributed by atoms with Gasteiger partial charge in [-0.2, -0.15) is 0 Å². The van der Waals surface area contributed by atoms with E-state index in [2.05, 4.69) is 10.3 Å². The van der Waals surface area contributed by atoms with Crippen LogP contribution in [-0.4, -0.2) is 23.7 Å². The molecule has 0 saturated heterocycles. The molecule has 0 spiro atoms. The highest BCUT2D eigenvalue weighted by Gasteiger charge is 2.24. The van der Waals surface area contributed by atoms with Gasteiger partial charge in [0.1, 0.15) is 23.5 Å². The quantitative estimate of drug-likeness (QED) is 0.600. The lowest BCUT2D eigenvalue weighted by molar-refractivity contribution is -0.109. The number of nitrogens with zero attached hydrogens (tertiary/aromatic N) is 2. The molecule has 4 rings (SSSR count). The molecule has 0 saturated carbocycles. The molecule has 152 valence electrons. The third-order valence-electron chi connectivity index (χ3n) is 4.87. The number of aldehydes is 1. The van der Waals surface area contributed by atoms with Gasteiger partial charge < -0.3 is 15.0 Å². The number of anilines is 2. The zero-order valence-corrected chi connectivity index (χ0v) is 16.5. The Morgan fingerprint density at radius 3 is 2.53 bits per heavy atom. The molecule has 0 bridgehead atoms. The minimum Gasteiger partial charge on any atom is -0.324 e. The molecule has 1 N–H and O–H groups in total. The van der Waals surface area contributed by atoms with Gasteiger partial charge in [-0.15, -0.1) is 11.3 Å². The minimum absolute atomic E-state index is 0.242. The second kappa shape index (κ2) is 8.54. The van der Waals surface area contributed by atoms with Crippen molar-refractivity contribution in [2.75, 3.05) is 16.8 Å². The van der Waals surface area contributed by atoms with E-state index >= 15 is 0 Å². The molecule has 2 heterocycles. The van der Waals surface area contributed by atoms with Crippen molar-refractivity contribution in [2.45, 2.75) is 6.42 Å². The van der Waals surface area contributed by atoms with Crippen LogP contribution >= 0.6 is 11.3 Å². The summed E-state index contributed by atoms with van der Waals surface area (Å²) in [5, 5.41) is 5.25. The van der Waals surface area contributed by atoms with Crippen molar-refractivity contribution in [3.05, 3.63) is 83.0 Å². The summed E-state index contributed by atoms with van der Waals surface area (Å²) in [5.41, 5.74) is 1.44. The van der Waals surface area contributed by atoms with Crippen LogP contribution in [0.15, 0.2) is 60.2 Å². The largest absolute Gasteiger partial charge is 0.324 e. The summed E-state index contributed by atoms with van der Waals surface area (Å²) in [6, 6.07) is 10.1. The molecule has 0 radical (unpaired) electrons. The lowest BCUT2D eigenvalue weighted by Gasteiger charge is -2.28. The maximum atomic E-state index is 13.8. The van der Waals surface area contributed by atoms with Crippen LogP contribution in [-0.2, 0) is 4.79 Å². The lowest BCUT2D eigenvalue weighted by Crippen LogP contribution is -2.27. The van der Waals surface area contributed by atoms with E-state index in [0.717, 1.165) is 34.7 Å². The summed E-state index contributed by atoms with van der Waals surface area (Å²) in [7, 11) is 0. The predicted molar refractivity (Wildman–Crippen MR) is 112 cm³/mol. The maximum absolute atomic E-state index is 13.8. The normalized spacial score (nSPS) is 16.1. The summed E-state index contributed by atoms with van der Waals surface area (Å²) in [6.07, 6.45) is 5.25. The molecular weight excluding hydrogens is 408 g/mol. The van der Waals surface area contributed by atoms with Gasteiger partial charge in [0.15, 0.2) is 5.13 Å². The first-order chi connectivity index (χ1) is 14.6. The lowest BCUT2D eigenvalue weighted by atomic mass is 9.89. The van der Waals surface area contributed by atoms with Crippen LogP contribution in [0.1, 0.15) is 22.3 Å². The standard InChI is InChI=1S/C22H17F2N3O2S/c23-18-2-1-3-19(24)20(18)21(29)26-16-6-4-14(5-7-16)17-12-27(10-8-15(17)13-28)22-25-9-11-30-22/h1-7,9,11-13,15H,8,10H2,(H,26,29). The Morgan fingerprint density at radius 2 is 1.90 bits per heavy atom. The van der Waals surface area contributed by atoms with E-state index < -0.39 is 23.1 Å². The van der Waals surface area contributed by atoms with Gasteiger partial charge >= 0.3 is 0 Å². The second-order valence-electron chi connectivity index (χ2n) is 6.75. The van der Waals surface area contributed by atoms with Crippen molar-refractivity contribution in [3.63, 3.8) is 0 Å². The smallest absolute Gasteiger partial charge is 0.261 e.